The van der Waals surface area contributed by atoms with Crippen LogP contribution in [-0.4, -0.2) is 35.3 Å². The van der Waals surface area contributed by atoms with E-state index in [4.69, 9.17) is 4.74 Å². The number of aliphatic hydroxyl groups is 1. The van der Waals surface area contributed by atoms with E-state index in [1.54, 1.807) is 0 Å². The Bertz CT molecular complexity index is 408. The SMILES string of the molecule is OCC1CN(C2CC2)C(c2cccc(Br)c2)O1. The fourth-order valence-corrected chi connectivity index (χ4v) is 2.83. The first kappa shape index (κ1) is 11.7. The lowest BCUT2D eigenvalue weighted by Crippen LogP contribution is -2.27. The number of aliphatic hydroxyl groups excluding tert-OH is 1. The van der Waals surface area contributed by atoms with Crippen LogP contribution in [0.1, 0.15) is 24.6 Å². The molecule has 1 aliphatic heterocycles. The summed E-state index contributed by atoms with van der Waals surface area (Å²) in [4.78, 5) is 2.38. The highest BCUT2D eigenvalue weighted by molar-refractivity contribution is 9.10. The highest BCUT2D eigenvalue weighted by atomic mass is 79.9. The van der Waals surface area contributed by atoms with Gasteiger partial charge in [0.15, 0.2) is 0 Å². The molecule has 4 heteroatoms. The van der Waals surface area contributed by atoms with Crippen molar-refractivity contribution in [3.8, 4) is 0 Å². The van der Waals surface area contributed by atoms with Gasteiger partial charge in [-0.3, -0.25) is 4.90 Å². The minimum absolute atomic E-state index is 0.0112. The lowest BCUT2D eigenvalue weighted by molar-refractivity contribution is -0.0216. The van der Waals surface area contributed by atoms with Crippen LogP contribution in [0, 0.1) is 0 Å². The number of nitrogens with zero attached hydrogens (tertiary/aromatic N) is 1. The number of ether oxygens (including phenoxy) is 1. The molecule has 1 saturated carbocycles. The first-order valence-electron chi connectivity index (χ1n) is 6.05. The van der Waals surface area contributed by atoms with Gasteiger partial charge in [-0.2, -0.15) is 0 Å². The summed E-state index contributed by atoms with van der Waals surface area (Å²) in [5.74, 6) is 0. The third-order valence-electron chi connectivity index (χ3n) is 3.39. The molecular formula is C13H16BrNO2. The summed E-state index contributed by atoms with van der Waals surface area (Å²) in [6.45, 7) is 0.950. The van der Waals surface area contributed by atoms with E-state index in [0.29, 0.717) is 6.04 Å². The van der Waals surface area contributed by atoms with Gasteiger partial charge in [0.2, 0.25) is 0 Å². The number of halogens is 1. The van der Waals surface area contributed by atoms with E-state index in [1.807, 2.05) is 12.1 Å². The zero-order valence-corrected chi connectivity index (χ0v) is 11.1. The average molecular weight is 298 g/mol. The van der Waals surface area contributed by atoms with Crippen molar-refractivity contribution in [3.63, 3.8) is 0 Å². The summed E-state index contributed by atoms with van der Waals surface area (Å²) in [5.41, 5.74) is 1.17. The van der Waals surface area contributed by atoms with Crippen molar-refractivity contribution in [1.29, 1.82) is 0 Å². The molecule has 0 aromatic heterocycles. The normalized spacial score (nSPS) is 29.8. The Labute approximate surface area is 110 Å². The smallest absolute Gasteiger partial charge is 0.137 e. The van der Waals surface area contributed by atoms with Crippen LogP contribution in [0.4, 0.5) is 0 Å². The highest BCUT2D eigenvalue weighted by Gasteiger charge is 2.42. The molecule has 2 unspecified atom stereocenters. The predicted molar refractivity (Wildman–Crippen MR) is 68.6 cm³/mol. The van der Waals surface area contributed by atoms with Crippen LogP contribution in [-0.2, 0) is 4.74 Å². The van der Waals surface area contributed by atoms with Crippen LogP contribution in [0.2, 0.25) is 0 Å². The highest BCUT2D eigenvalue weighted by Crippen LogP contribution is 2.40. The Balaban J connectivity index is 1.84. The quantitative estimate of drug-likeness (QED) is 0.929. The van der Waals surface area contributed by atoms with Gasteiger partial charge in [0.1, 0.15) is 6.23 Å². The molecule has 1 N–H and O–H groups in total. The van der Waals surface area contributed by atoms with E-state index in [0.717, 1.165) is 11.0 Å². The van der Waals surface area contributed by atoms with Crippen molar-refractivity contribution in [2.45, 2.75) is 31.2 Å². The van der Waals surface area contributed by atoms with Crippen LogP contribution in [0.15, 0.2) is 28.7 Å². The topological polar surface area (TPSA) is 32.7 Å². The average Bonchev–Trinajstić information content (AvgIpc) is 3.08. The van der Waals surface area contributed by atoms with Crippen molar-refractivity contribution in [2.24, 2.45) is 0 Å². The molecule has 0 amide bonds. The fourth-order valence-electron chi connectivity index (χ4n) is 2.41. The molecule has 3 nitrogen and oxygen atoms in total. The van der Waals surface area contributed by atoms with Crippen molar-refractivity contribution in [2.75, 3.05) is 13.2 Å². The van der Waals surface area contributed by atoms with Gasteiger partial charge in [0.25, 0.3) is 0 Å². The molecule has 1 aromatic carbocycles. The minimum Gasteiger partial charge on any atom is -0.394 e. The first-order valence-corrected chi connectivity index (χ1v) is 6.85. The summed E-state index contributed by atoms with van der Waals surface area (Å²) >= 11 is 3.49. The Morgan fingerprint density at radius 2 is 2.24 bits per heavy atom. The third-order valence-corrected chi connectivity index (χ3v) is 3.88. The summed E-state index contributed by atoms with van der Waals surface area (Å²) < 4.78 is 6.99. The second-order valence-electron chi connectivity index (χ2n) is 4.78. The Morgan fingerprint density at radius 3 is 2.88 bits per heavy atom. The molecule has 0 spiro atoms. The molecule has 1 heterocycles. The van der Waals surface area contributed by atoms with E-state index in [2.05, 4.69) is 33.0 Å². The number of hydrogen-bond donors (Lipinski definition) is 1. The van der Waals surface area contributed by atoms with Gasteiger partial charge in [-0.15, -0.1) is 0 Å². The molecule has 2 atom stereocenters. The third kappa shape index (κ3) is 2.40. The second-order valence-corrected chi connectivity index (χ2v) is 5.69. The molecule has 2 aliphatic rings. The molecule has 17 heavy (non-hydrogen) atoms. The summed E-state index contributed by atoms with van der Waals surface area (Å²) in [7, 11) is 0. The molecule has 92 valence electrons. The zero-order chi connectivity index (χ0) is 11.8. The summed E-state index contributed by atoms with van der Waals surface area (Å²) in [6, 6.07) is 8.88. The predicted octanol–water partition coefficient (Wildman–Crippen LogP) is 2.30. The largest absolute Gasteiger partial charge is 0.394 e. The fraction of sp³-hybridized carbons (Fsp3) is 0.538. The van der Waals surface area contributed by atoms with E-state index in [1.165, 1.54) is 18.4 Å². The molecular weight excluding hydrogens is 282 g/mol. The van der Waals surface area contributed by atoms with Crippen LogP contribution in [0.5, 0.6) is 0 Å². The monoisotopic (exact) mass is 297 g/mol. The van der Waals surface area contributed by atoms with Gasteiger partial charge in [0, 0.05) is 17.1 Å². The lowest BCUT2D eigenvalue weighted by atomic mass is 10.2. The minimum atomic E-state index is -0.0421. The van der Waals surface area contributed by atoms with Gasteiger partial charge in [-0.25, -0.2) is 0 Å². The van der Waals surface area contributed by atoms with E-state index in [-0.39, 0.29) is 18.9 Å². The van der Waals surface area contributed by atoms with Gasteiger partial charge in [0.05, 0.1) is 12.7 Å². The molecule has 2 fully saturated rings. The van der Waals surface area contributed by atoms with E-state index >= 15 is 0 Å². The summed E-state index contributed by atoms with van der Waals surface area (Å²) in [6.07, 6.45) is 2.48. The van der Waals surface area contributed by atoms with Gasteiger partial charge < -0.3 is 9.84 Å². The molecule has 1 saturated heterocycles. The maximum absolute atomic E-state index is 9.24. The molecule has 0 radical (unpaired) electrons. The van der Waals surface area contributed by atoms with Crippen molar-refractivity contribution < 1.29 is 9.84 Å². The Hall–Kier alpha value is -0.420. The van der Waals surface area contributed by atoms with Crippen LogP contribution in [0.3, 0.4) is 0 Å². The van der Waals surface area contributed by atoms with Crippen LogP contribution >= 0.6 is 15.9 Å². The van der Waals surface area contributed by atoms with Crippen molar-refractivity contribution in [3.05, 3.63) is 34.3 Å². The number of hydrogen-bond acceptors (Lipinski definition) is 3. The maximum atomic E-state index is 9.24. The van der Waals surface area contributed by atoms with E-state index in [9.17, 15) is 5.11 Å². The first-order chi connectivity index (χ1) is 8.28. The Morgan fingerprint density at radius 1 is 1.41 bits per heavy atom. The zero-order valence-electron chi connectivity index (χ0n) is 9.55. The second kappa shape index (κ2) is 4.69. The van der Waals surface area contributed by atoms with Crippen LogP contribution in [0.25, 0.3) is 0 Å². The van der Waals surface area contributed by atoms with Crippen molar-refractivity contribution in [1.82, 2.24) is 4.90 Å². The molecule has 0 bridgehead atoms. The van der Waals surface area contributed by atoms with Gasteiger partial charge >= 0.3 is 0 Å². The van der Waals surface area contributed by atoms with Gasteiger partial charge in [-0.05, 0) is 30.5 Å². The van der Waals surface area contributed by atoms with Crippen molar-refractivity contribution >= 4 is 15.9 Å². The lowest BCUT2D eigenvalue weighted by Gasteiger charge is -2.22. The summed E-state index contributed by atoms with van der Waals surface area (Å²) in [5, 5.41) is 9.24. The maximum Gasteiger partial charge on any atom is 0.137 e. The number of benzene rings is 1. The van der Waals surface area contributed by atoms with Crippen LogP contribution < -0.4 is 0 Å². The Kier molecular flexibility index (Phi) is 3.21. The molecule has 1 aliphatic carbocycles. The van der Waals surface area contributed by atoms with E-state index < -0.39 is 0 Å². The molecule has 3 rings (SSSR count). The standard InChI is InChI=1S/C13H16BrNO2/c14-10-3-1-2-9(6-10)13-15(11-4-5-11)7-12(8-16)17-13/h1-3,6,11-13,16H,4-5,7-8H2. The van der Waals surface area contributed by atoms with Gasteiger partial charge in [-0.1, -0.05) is 28.1 Å². The number of rotatable bonds is 3. The molecule has 1 aromatic rings.